The number of nitrogens with zero attached hydrogens (tertiary/aromatic N) is 5. The van der Waals surface area contributed by atoms with Crippen molar-refractivity contribution in [2.24, 2.45) is 0 Å². The molecular formula is C23H34N8O. The summed E-state index contributed by atoms with van der Waals surface area (Å²) in [6.07, 6.45) is 1.49. The van der Waals surface area contributed by atoms with Crippen molar-refractivity contribution in [3.8, 4) is 6.07 Å². The second kappa shape index (κ2) is 12.6. The molecule has 0 spiro atoms. The summed E-state index contributed by atoms with van der Waals surface area (Å²) in [6.45, 7) is 10.7. The molecule has 0 radical (unpaired) electrons. The van der Waals surface area contributed by atoms with Gasteiger partial charge in [-0.05, 0) is 25.5 Å². The van der Waals surface area contributed by atoms with Crippen molar-refractivity contribution < 1.29 is 4.74 Å². The largest absolute Gasteiger partial charge is 0.383 e. The smallest absolute Gasteiger partial charge is 0.163 e. The molecule has 9 nitrogen and oxygen atoms in total. The molecule has 9 heteroatoms. The summed E-state index contributed by atoms with van der Waals surface area (Å²) in [7, 11) is 1.68. The molecule has 0 fully saturated rings. The normalized spacial score (nSPS) is 10.5. The van der Waals surface area contributed by atoms with Crippen LogP contribution in [0.4, 0.5) is 11.6 Å². The van der Waals surface area contributed by atoms with Gasteiger partial charge in [0.1, 0.15) is 23.3 Å². The van der Waals surface area contributed by atoms with Gasteiger partial charge >= 0.3 is 0 Å². The van der Waals surface area contributed by atoms with Gasteiger partial charge in [-0.3, -0.25) is 4.98 Å². The topological polar surface area (TPSA) is 126 Å². The first-order chi connectivity index (χ1) is 15.6. The van der Waals surface area contributed by atoms with Crippen molar-refractivity contribution in [1.29, 1.82) is 5.26 Å². The van der Waals surface area contributed by atoms with Crippen molar-refractivity contribution in [3.63, 3.8) is 0 Å². The number of nitrogens with two attached hydrogens (primary N) is 1. The van der Waals surface area contributed by atoms with E-state index in [-0.39, 0.29) is 0 Å². The summed E-state index contributed by atoms with van der Waals surface area (Å²) >= 11 is 0. The van der Waals surface area contributed by atoms with E-state index < -0.39 is 0 Å². The Morgan fingerprint density at radius 1 is 1.19 bits per heavy atom. The average molecular weight is 439 g/mol. The van der Waals surface area contributed by atoms with E-state index in [0.717, 1.165) is 35.6 Å². The number of hydrogen-bond donors (Lipinski definition) is 3. The first-order valence-corrected chi connectivity index (χ1v) is 11.0. The maximum atomic E-state index is 9.59. The molecule has 4 N–H and O–H groups in total. The fraction of sp³-hybridized carbons (Fsp3) is 0.478. The van der Waals surface area contributed by atoms with Crippen LogP contribution >= 0.6 is 0 Å². The number of hydrogen-bond acceptors (Lipinski definition) is 8. The van der Waals surface area contributed by atoms with Gasteiger partial charge in [-0.25, -0.2) is 4.98 Å². The molecule has 0 aliphatic carbocycles. The fourth-order valence-corrected chi connectivity index (χ4v) is 3.34. The van der Waals surface area contributed by atoms with E-state index in [0.29, 0.717) is 49.0 Å². The third-order valence-electron chi connectivity index (χ3n) is 4.89. The van der Waals surface area contributed by atoms with Gasteiger partial charge in [0.15, 0.2) is 5.65 Å². The molecule has 172 valence electrons. The van der Waals surface area contributed by atoms with E-state index in [4.69, 9.17) is 10.5 Å². The lowest BCUT2D eigenvalue weighted by Gasteiger charge is -2.11. The third kappa shape index (κ3) is 5.93. The number of aryl methyl sites for hydroxylation is 2. The maximum absolute atomic E-state index is 9.59. The van der Waals surface area contributed by atoms with Crippen LogP contribution in [0.3, 0.4) is 0 Å². The van der Waals surface area contributed by atoms with Gasteiger partial charge < -0.3 is 21.1 Å². The Hall–Kier alpha value is -3.22. The van der Waals surface area contributed by atoms with Gasteiger partial charge in [-0.1, -0.05) is 26.8 Å². The van der Waals surface area contributed by atoms with E-state index in [1.54, 1.807) is 11.6 Å². The van der Waals surface area contributed by atoms with Crippen LogP contribution in [0.25, 0.3) is 5.65 Å². The van der Waals surface area contributed by atoms with Crippen LogP contribution in [0.2, 0.25) is 0 Å². The lowest BCUT2D eigenvalue weighted by molar-refractivity contribution is 0.199. The van der Waals surface area contributed by atoms with Crippen LogP contribution in [0.15, 0.2) is 18.2 Å². The molecule has 0 bridgehead atoms. The van der Waals surface area contributed by atoms with E-state index >= 15 is 0 Å². The third-order valence-corrected chi connectivity index (χ3v) is 4.89. The van der Waals surface area contributed by atoms with Crippen molar-refractivity contribution in [1.82, 2.24) is 24.9 Å². The van der Waals surface area contributed by atoms with Crippen molar-refractivity contribution >= 4 is 17.3 Å². The first-order valence-electron chi connectivity index (χ1n) is 11.0. The summed E-state index contributed by atoms with van der Waals surface area (Å²) in [5.74, 6) is 0.782. The monoisotopic (exact) mass is 438 g/mol. The number of fused-ring (bicyclic) bond motifs is 1. The van der Waals surface area contributed by atoms with E-state index in [2.05, 4.69) is 38.7 Å². The maximum Gasteiger partial charge on any atom is 0.163 e. The number of pyridine rings is 1. The Morgan fingerprint density at radius 2 is 1.94 bits per heavy atom. The molecule has 0 saturated heterocycles. The zero-order valence-electron chi connectivity index (χ0n) is 19.7. The standard InChI is InChI=1S/C21H28N8O.C2H6/c1-4-17-14(2)28-29-19(23)18(12-22)20(27-21(17)29)25-9-8-15-6-5-7-16(26-15)13-24-10-11-30-3;1-2/h5-7,24H,4,8-11,13,23H2,1-3H3,(H,25,27);1-2H3. The van der Waals surface area contributed by atoms with Gasteiger partial charge in [0.2, 0.25) is 0 Å². The molecule has 3 rings (SSSR count). The molecular weight excluding hydrogens is 404 g/mol. The number of nitrogens with one attached hydrogen (secondary N) is 2. The molecule has 0 atom stereocenters. The molecule has 32 heavy (non-hydrogen) atoms. The minimum atomic E-state index is 0.301. The summed E-state index contributed by atoms with van der Waals surface area (Å²) in [4.78, 5) is 9.32. The zero-order chi connectivity index (χ0) is 23.5. The molecule has 0 unspecified atom stereocenters. The lowest BCUT2D eigenvalue weighted by atomic mass is 10.2. The van der Waals surface area contributed by atoms with Crippen LogP contribution in [-0.4, -0.2) is 46.4 Å². The number of nitrogen functional groups attached to an aromatic ring is 1. The summed E-state index contributed by atoms with van der Waals surface area (Å²) in [5.41, 5.74) is 11.1. The predicted molar refractivity (Wildman–Crippen MR) is 128 cm³/mol. The van der Waals surface area contributed by atoms with Crippen LogP contribution in [0.5, 0.6) is 0 Å². The summed E-state index contributed by atoms with van der Waals surface area (Å²) in [5, 5.41) is 20.6. The number of aromatic nitrogens is 4. The van der Waals surface area contributed by atoms with E-state index in [1.165, 1.54) is 0 Å². The van der Waals surface area contributed by atoms with Crippen molar-refractivity contribution in [2.45, 2.75) is 47.1 Å². The van der Waals surface area contributed by atoms with Crippen molar-refractivity contribution in [3.05, 3.63) is 46.4 Å². The molecule has 3 heterocycles. The number of nitriles is 1. The Labute approximate surface area is 190 Å². The highest BCUT2D eigenvalue weighted by atomic mass is 16.5. The van der Waals surface area contributed by atoms with Gasteiger partial charge in [0.05, 0.1) is 18.0 Å². The summed E-state index contributed by atoms with van der Waals surface area (Å²) in [6, 6.07) is 8.14. The van der Waals surface area contributed by atoms with Gasteiger partial charge in [-0.15, -0.1) is 0 Å². The molecule has 0 amide bonds. The van der Waals surface area contributed by atoms with Crippen LogP contribution in [0.1, 0.15) is 49.0 Å². The quantitative estimate of drug-likeness (QED) is 0.413. The highest BCUT2D eigenvalue weighted by Gasteiger charge is 2.18. The van der Waals surface area contributed by atoms with Gasteiger partial charge in [0.25, 0.3) is 0 Å². The molecule has 3 aromatic rings. The van der Waals surface area contributed by atoms with Crippen molar-refractivity contribution in [2.75, 3.05) is 37.9 Å². The molecule has 0 saturated carbocycles. The Balaban J connectivity index is 0.00000176. The Morgan fingerprint density at radius 3 is 2.62 bits per heavy atom. The predicted octanol–water partition coefficient (Wildman–Crippen LogP) is 2.87. The Kier molecular flexibility index (Phi) is 9.85. The average Bonchev–Trinajstić information content (AvgIpc) is 3.14. The highest BCUT2D eigenvalue weighted by Crippen LogP contribution is 2.24. The van der Waals surface area contributed by atoms with Crippen LogP contribution < -0.4 is 16.4 Å². The molecule has 3 aromatic heterocycles. The SMILES string of the molecule is CC.CCc1c(C)nn2c(N)c(C#N)c(NCCc3cccc(CNCCOC)n3)nc12. The Bertz CT molecular complexity index is 1050. The number of rotatable bonds is 10. The van der Waals surface area contributed by atoms with E-state index in [1.807, 2.05) is 39.0 Å². The zero-order valence-corrected chi connectivity index (χ0v) is 19.7. The molecule has 0 aliphatic rings. The highest BCUT2D eigenvalue weighted by molar-refractivity contribution is 5.69. The number of anilines is 2. The fourth-order valence-electron chi connectivity index (χ4n) is 3.34. The van der Waals surface area contributed by atoms with Crippen LogP contribution in [-0.2, 0) is 24.1 Å². The minimum absolute atomic E-state index is 0.301. The molecule has 0 aliphatic heterocycles. The van der Waals surface area contributed by atoms with Crippen LogP contribution in [0, 0.1) is 18.3 Å². The minimum Gasteiger partial charge on any atom is -0.383 e. The van der Waals surface area contributed by atoms with E-state index in [9.17, 15) is 5.26 Å². The lowest BCUT2D eigenvalue weighted by Crippen LogP contribution is -2.19. The molecule has 0 aromatic carbocycles. The summed E-state index contributed by atoms with van der Waals surface area (Å²) < 4.78 is 6.59. The van der Waals surface area contributed by atoms with Gasteiger partial charge in [0, 0.05) is 44.4 Å². The van der Waals surface area contributed by atoms with Gasteiger partial charge in [-0.2, -0.15) is 14.9 Å². The second-order valence-corrected chi connectivity index (χ2v) is 6.95. The second-order valence-electron chi connectivity index (χ2n) is 6.95. The first kappa shape index (κ1) is 25.0. The number of ether oxygens (including phenoxy) is 1. The number of methoxy groups -OCH3 is 1.